The van der Waals surface area contributed by atoms with Crippen LogP contribution in [-0.2, 0) is 19.3 Å². The van der Waals surface area contributed by atoms with Crippen LogP contribution in [-0.4, -0.2) is 53.2 Å². The number of nitrogens with zero attached hydrogens (tertiary/aromatic N) is 1. The highest BCUT2D eigenvalue weighted by atomic mass is 32.2. The Morgan fingerprint density at radius 3 is 1.35 bits per heavy atom. The first-order valence-corrected chi connectivity index (χ1v) is 27.2. The quantitative estimate of drug-likeness (QED) is 0.0495. The molecule has 5 nitrogen and oxygen atoms in total. The van der Waals surface area contributed by atoms with E-state index in [0.29, 0.717) is 24.5 Å². The number of rotatable bonds is 39. The third-order valence-electron chi connectivity index (χ3n) is 12.6. The molecule has 1 atom stereocenters. The van der Waals surface area contributed by atoms with E-state index < -0.39 is 9.84 Å². The minimum absolute atomic E-state index is 0.0952. The molecule has 0 saturated carbocycles. The normalized spacial score (nSPS) is 14.7. The predicted octanol–water partition coefficient (Wildman–Crippen LogP) is 16.0. The van der Waals surface area contributed by atoms with Gasteiger partial charge in [0, 0.05) is 32.0 Å². The molecule has 0 aliphatic carbocycles. The van der Waals surface area contributed by atoms with Gasteiger partial charge < -0.3 is 14.4 Å². The minimum atomic E-state index is -3.34. The van der Waals surface area contributed by atoms with Crippen molar-refractivity contribution in [3.8, 4) is 0 Å². The van der Waals surface area contributed by atoms with Gasteiger partial charge in [0.05, 0.1) is 23.4 Å². The van der Waals surface area contributed by atoms with Gasteiger partial charge in [-0.1, -0.05) is 217 Å². The highest BCUT2D eigenvalue weighted by Gasteiger charge is 2.17. The maximum atomic E-state index is 12.9. The van der Waals surface area contributed by atoms with Crippen LogP contribution in [0.5, 0.6) is 0 Å². The molecule has 0 bridgehead atoms. The molecular weight excluding hydrogens is 759 g/mol. The number of hydrogen-bond donors (Lipinski definition) is 0. The fourth-order valence-electron chi connectivity index (χ4n) is 8.60. The molecule has 0 spiro atoms. The van der Waals surface area contributed by atoms with Crippen molar-refractivity contribution in [1.82, 2.24) is 0 Å². The third kappa shape index (κ3) is 25.7. The number of unbranched alkanes of at least 4 members (excludes halogenated alkanes) is 26. The summed E-state index contributed by atoms with van der Waals surface area (Å²) in [5.41, 5.74) is 3.49. The summed E-state index contributed by atoms with van der Waals surface area (Å²) in [5.74, 6) is 0.0952. The fraction of sp³-hybridized carbons (Fsp3) is 0.741. The van der Waals surface area contributed by atoms with E-state index in [9.17, 15) is 8.42 Å². The van der Waals surface area contributed by atoms with Crippen LogP contribution in [0.2, 0.25) is 0 Å². The average molecular weight is 850 g/mol. The predicted molar refractivity (Wildman–Crippen MR) is 261 cm³/mol. The van der Waals surface area contributed by atoms with Gasteiger partial charge in [-0.15, -0.1) is 0 Å². The number of sulfone groups is 1. The lowest BCUT2D eigenvalue weighted by atomic mass is 10.0. The first kappa shape index (κ1) is 52.2. The van der Waals surface area contributed by atoms with Crippen LogP contribution < -0.4 is 4.90 Å². The smallest absolute Gasteiger partial charge is 0.178 e. The molecule has 1 unspecified atom stereocenters. The second-order valence-corrected chi connectivity index (χ2v) is 20.2. The highest BCUT2D eigenvalue weighted by Crippen LogP contribution is 2.22. The molecule has 0 N–H and O–H groups in total. The van der Waals surface area contributed by atoms with Crippen LogP contribution in [0.15, 0.2) is 53.4 Å². The first-order valence-electron chi connectivity index (χ1n) is 25.6. The number of hydrogen-bond acceptors (Lipinski definition) is 5. The van der Waals surface area contributed by atoms with Gasteiger partial charge in [-0.2, -0.15) is 0 Å². The van der Waals surface area contributed by atoms with E-state index in [1.165, 1.54) is 185 Å². The Kier molecular flexibility index (Phi) is 30.7. The Morgan fingerprint density at radius 1 is 0.550 bits per heavy atom. The zero-order valence-corrected chi connectivity index (χ0v) is 39.8. The summed E-state index contributed by atoms with van der Waals surface area (Å²) in [6.07, 6.45) is 45.9. The van der Waals surface area contributed by atoms with Crippen molar-refractivity contribution in [3.05, 3.63) is 59.7 Å². The minimum Gasteiger partial charge on any atom is -0.379 e. The van der Waals surface area contributed by atoms with Crippen molar-refractivity contribution < 1.29 is 17.9 Å². The van der Waals surface area contributed by atoms with Gasteiger partial charge in [0.1, 0.15) is 0 Å². The molecule has 0 radical (unpaired) electrons. The fourth-order valence-corrected chi connectivity index (χ4v) is 9.88. The molecule has 60 heavy (non-hydrogen) atoms. The van der Waals surface area contributed by atoms with Gasteiger partial charge >= 0.3 is 0 Å². The van der Waals surface area contributed by atoms with Gasteiger partial charge in [-0.3, -0.25) is 0 Å². The molecule has 1 aliphatic heterocycles. The lowest BCUT2D eigenvalue weighted by Gasteiger charge is -2.25. The van der Waals surface area contributed by atoms with E-state index in [1.54, 1.807) is 12.1 Å². The SMILES string of the molecule is CCCCCCCCCCCCCCCCN(CCCCCCCCCCCCCCCC)c1ccc(C=Cc2ccc(S(=O)(=O)CCCOC3CCCOC3)cc2)cc1. The van der Waals surface area contributed by atoms with E-state index in [2.05, 4.69) is 55.2 Å². The Balaban J connectivity index is 1.39. The molecule has 0 amide bonds. The van der Waals surface area contributed by atoms with E-state index in [4.69, 9.17) is 9.47 Å². The lowest BCUT2D eigenvalue weighted by Crippen LogP contribution is -2.26. The molecular formula is C54H91NO4S. The van der Waals surface area contributed by atoms with Crippen molar-refractivity contribution in [1.29, 1.82) is 0 Å². The summed E-state index contributed by atoms with van der Waals surface area (Å²) in [6.45, 7) is 8.74. The number of benzene rings is 2. The van der Waals surface area contributed by atoms with Crippen molar-refractivity contribution in [2.24, 2.45) is 0 Å². The molecule has 2 aromatic carbocycles. The summed E-state index contributed by atoms with van der Waals surface area (Å²) >= 11 is 0. The molecule has 1 aliphatic rings. The molecule has 1 saturated heterocycles. The molecule has 6 heteroatoms. The summed E-state index contributed by atoms with van der Waals surface area (Å²) in [5, 5.41) is 0. The van der Waals surface area contributed by atoms with Crippen LogP contribution in [0, 0.1) is 0 Å². The van der Waals surface area contributed by atoms with E-state index in [0.717, 1.165) is 43.7 Å². The summed E-state index contributed by atoms with van der Waals surface area (Å²) in [4.78, 5) is 3.02. The summed E-state index contributed by atoms with van der Waals surface area (Å²) in [7, 11) is -3.34. The van der Waals surface area contributed by atoms with Crippen molar-refractivity contribution in [2.75, 3.05) is 43.6 Å². The van der Waals surface area contributed by atoms with Crippen molar-refractivity contribution in [2.45, 2.75) is 224 Å². The molecule has 2 aromatic rings. The third-order valence-corrected chi connectivity index (χ3v) is 14.4. The monoisotopic (exact) mass is 850 g/mol. The molecule has 1 heterocycles. The van der Waals surface area contributed by atoms with Gasteiger partial charge in [0.25, 0.3) is 0 Å². The van der Waals surface area contributed by atoms with E-state index >= 15 is 0 Å². The Bertz CT molecular complexity index is 1370. The Morgan fingerprint density at radius 2 is 0.950 bits per heavy atom. The van der Waals surface area contributed by atoms with Crippen LogP contribution in [0.25, 0.3) is 12.2 Å². The van der Waals surface area contributed by atoms with Gasteiger partial charge in [-0.05, 0) is 67.5 Å². The summed E-state index contributed by atoms with van der Waals surface area (Å²) < 4.78 is 37.2. The van der Waals surface area contributed by atoms with Crippen LogP contribution in [0.4, 0.5) is 5.69 Å². The zero-order valence-electron chi connectivity index (χ0n) is 39.0. The van der Waals surface area contributed by atoms with Crippen molar-refractivity contribution in [3.63, 3.8) is 0 Å². The second kappa shape index (κ2) is 35.3. The summed E-state index contributed by atoms with van der Waals surface area (Å²) in [6, 6.07) is 16.3. The van der Waals surface area contributed by atoms with Crippen molar-refractivity contribution >= 4 is 27.7 Å². The number of anilines is 1. The number of ether oxygens (including phenoxy) is 2. The molecule has 342 valence electrons. The lowest BCUT2D eigenvalue weighted by molar-refractivity contribution is -0.0494. The van der Waals surface area contributed by atoms with Gasteiger partial charge in [0.15, 0.2) is 9.84 Å². The van der Waals surface area contributed by atoms with E-state index in [-0.39, 0.29) is 11.9 Å². The molecule has 1 fully saturated rings. The van der Waals surface area contributed by atoms with Crippen LogP contribution >= 0.6 is 0 Å². The van der Waals surface area contributed by atoms with E-state index in [1.807, 2.05) is 12.1 Å². The Labute approximate surface area is 371 Å². The van der Waals surface area contributed by atoms with Gasteiger partial charge in [-0.25, -0.2) is 8.42 Å². The Hall–Kier alpha value is -2.15. The molecule has 3 rings (SSSR count). The highest BCUT2D eigenvalue weighted by molar-refractivity contribution is 7.91. The maximum Gasteiger partial charge on any atom is 0.178 e. The van der Waals surface area contributed by atoms with Crippen LogP contribution in [0.1, 0.15) is 224 Å². The van der Waals surface area contributed by atoms with Crippen LogP contribution in [0.3, 0.4) is 0 Å². The molecule has 0 aromatic heterocycles. The zero-order chi connectivity index (χ0) is 42.6. The topological polar surface area (TPSA) is 55.8 Å². The van der Waals surface area contributed by atoms with Gasteiger partial charge in [0.2, 0.25) is 0 Å². The maximum absolute atomic E-state index is 12.9. The first-order chi connectivity index (χ1) is 29.5. The second-order valence-electron chi connectivity index (χ2n) is 18.1. The standard InChI is InChI=1S/C54H91NO4S/c1-3-5-7-9-11-13-15-17-19-21-23-25-27-29-44-55(45-30-28-26-24-22-20-18-16-14-12-10-8-6-4-2)52-40-36-50(37-41-52)34-35-51-38-42-54(43-39-51)60(56,57)48-32-47-59-53-33-31-46-58-49-53/h34-43,53H,3-33,44-49H2,1-2H3. The largest absolute Gasteiger partial charge is 0.379 e. The average Bonchev–Trinajstić information content (AvgIpc) is 3.27.